The SMILES string of the molecule is CCCCn1cnc2c1c(=O)n(CC1CCC(O)(CC)CC1)c(=O)n2C. The van der Waals surface area contributed by atoms with Crippen molar-refractivity contribution in [2.45, 2.75) is 77.5 Å². The van der Waals surface area contributed by atoms with Gasteiger partial charge in [-0.05, 0) is 44.4 Å². The number of unbranched alkanes of at least 4 members (excludes halogenated alkanes) is 1. The first kappa shape index (κ1) is 18.9. The van der Waals surface area contributed by atoms with Crippen LogP contribution in [0.1, 0.15) is 58.8 Å². The molecule has 0 bridgehead atoms. The number of imidazole rings is 1. The number of fused-ring (bicyclic) bond motifs is 1. The smallest absolute Gasteiger partial charge is 0.332 e. The summed E-state index contributed by atoms with van der Waals surface area (Å²) in [7, 11) is 1.68. The zero-order valence-corrected chi connectivity index (χ0v) is 16.1. The lowest BCUT2D eigenvalue weighted by Crippen LogP contribution is -2.42. The summed E-state index contributed by atoms with van der Waals surface area (Å²) in [5, 5.41) is 10.4. The summed E-state index contributed by atoms with van der Waals surface area (Å²) in [5.74, 6) is 0.247. The molecule has 2 aromatic rings. The summed E-state index contributed by atoms with van der Waals surface area (Å²) < 4.78 is 4.71. The summed E-state index contributed by atoms with van der Waals surface area (Å²) >= 11 is 0. The molecule has 0 spiro atoms. The normalized spacial score (nSPS) is 23.6. The lowest BCUT2D eigenvalue weighted by Gasteiger charge is -2.35. The number of nitrogens with zero attached hydrogens (tertiary/aromatic N) is 4. The van der Waals surface area contributed by atoms with Crippen molar-refractivity contribution in [3.63, 3.8) is 0 Å². The predicted octanol–water partition coefficient (Wildman–Crippen LogP) is 2.03. The van der Waals surface area contributed by atoms with E-state index in [-0.39, 0.29) is 17.2 Å². The van der Waals surface area contributed by atoms with E-state index in [0.29, 0.717) is 17.7 Å². The van der Waals surface area contributed by atoms with E-state index in [4.69, 9.17) is 0 Å². The van der Waals surface area contributed by atoms with Gasteiger partial charge in [-0.25, -0.2) is 9.78 Å². The summed E-state index contributed by atoms with van der Waals surface area (Å²) in [6, 6.07) is 0. The van der Waals surface area contributed by atoms with Crippen LogP contribution in [-0.4, -0.2) is 29.4 Å². The topological polar surface area (TPSA) is 82.1 Å². The zero-order valence-electron chi connectivity index (χ0n) is 16.1. The van der Waals surface area contributed by atoms with Gasteiger partial charge in [0.2, 0.25) is 0 Å². The monoisotopic (exact) mass is 362 g/mol. The third-order valence-corrected chi connectivity index (χ3v) is 5.99. The van der Waals surface area contributed by atoms with E-state index in [9.17, 15) is 14.7 Å². The summed E-state index contributed by atoms with van der Waals surface area (Å²) in [6.45, 7) is 5.26. The highest BCUT2D eigenvalue weighted by Gasteiger charge is 2.32. The van der Waals surface area contributed by atoms with Crippen LogP contribution in [0.3, 0.4) is 0 Å². The standard InChI is InChI=1S/C19H30N4O3/c1-4-6-11-22-13-20-16-15(22)17(24)23(18(25)21(16)3)12-14-7-9-19(26,5-2)10-8-14/h13-14,26H,4-12H2,1-3H3. The van der Waals surface area contributed by atoms with Gasteiger partial charge in [-0.1, -0.05) is 20.3 Å². The largest absolute Gasteiger partial charge is 0.390 e. The molecule has 7 nitrogen and oxygen atoms in total. The number of hydrogen-bond acceptors (Lipinski definition) is 4. The van der Waals surface area contributed by atoms with E-state index >= 15 is 0 Å². The zero-order chi connectivity index (χ0) is 18.9. The lowest BCUT2D eigenvalue weighted by atomic mass is 9.77. The van der Waals surface area contributed by atoms with Crippen LogP contribution in [-0.2, 0) is 20.1 Å². The van der Waals surface area contributed by atoms with Crippen molar-refractivity contribution in [2.24, 2.45) is 13.0 Å². The Morgan fingerprint density at radius 2 is 1.96 bits per heavy atom. The molecule has 2 heterocycles. The van der Waals surface area contributed by atoms with E-state index in [1.54, 1.807) is 13.4 Å². The third-order valence-electron chi connectivity index (χ3n) is 5.99. The lowest BCUT2D eigenvalue weighted by molar-refractivity contribution is -0.0146. The molecule has 1 fully saturated rings. The molecular formula is C19H30N4O3. The van der Waals surface area contributed by atoms with E-state index in [1.807, 2.05) is 11.5 Å². The summed E-state index contributed by atoms with van der Waals surface area (Å²) in [6.07, 6.45) is 7.56. The minimum Gasteiger partial charge on any atom is -0.390 e. The average Bonchev–Trinajstić information content (AvgIpc) is 3.07. The molecule has 144 valence electrons. The second-order valence-electron chi connectivity index (χ2n) is 7.74. The fourth-order valence-electron chi connectivity index (χ4n) is 3.99. The highest BCUT2D eigenvalue weighted by atomic mass is 16.3. The maximum atomic E-state index is 13.0. The maximum absolute atomic E-state index is 13.0. The van der Waals surface area contributed by atoms with E-state index in [2.05, 4.69) is 11.9 Å². The van der Waals surface area contributed by atoms with Crippen LogP contribution in [0.2, 0.25) is 0 Å². The molecule has 26 heavy (non-hydrogen) atoms. The highest BCUT2D eigenvalue weighted by molar-refractivity contribution is 5.69. The maximum Gasteiger partial charge on any atom is 0.332 e. The van der Waals surface area contributed by atoms with Gasteiger partial charge in [0.1, 0.15) is 0 Å². The highest BCUT2D eigenvalue weighted by Crippen LogP contribution is 2.34. The van der Waals surface area contributed by atoms with Crippen LogP contribution in [0.5, 0.6) is 0 Å². The number of aryl methyl sites for hydroxylation is 2. The van der Waals surface area contributed by atoms with Crippen molar-refractivity contribution < 1.29 is 5.11 Å². The molecule has 0 aromatic carbocycles. The molecule has 0 saturated heterocycles. The molecule has 1 aliphatic carbocycles. The van der Waals surface area contributed by atoms with Crippen molar-refractivity contribution in [3.05, 3.63) is 27.2 Å². The molecule has 2 aromatic heterocycles. The van der Waals surface area contributed by atoms with Crippen LogP contribution < -0.4 is 11.2 Å². The Kier molecular flexibility index (Phi) is 5.37. The molecule has 0 atom stereocenters. The quantitative estimate of drug-likeness (QED) is 0.852. The van der Waals surface area contributed by atoms with Gasteiger partial charge in [0.05, 0.1) is 11.9 Å². The van der Waals surface area contributed by atoms with Crippen molar-refractivity contribution >= 4 is 11.2 Å². The molecule has 1 saturated carbocycles. The molecule has 7 heteroatoms. The van der Waals surface area contributed by atoms with Gasteiger partial charge in [0.25, 0.3) is 5.56 Å². The Bertz CT molecular complexity index is 885. The number of rotatable bonds is 6. The molecule has 3 rings (SSSR count). The molecule has 0 radical (unpaired) electrons. The minimum atomic E-state index is -0.574. The Labute approximate surface area is 153 Å². The van der Waals surface area contributed by atoms with Crippen LogP contribution in [0.25, 0.3) is 11.2 Å². The number of aromatic nitrogens is 4. The Hall–Kier alpha value is -1.89. The van der Waals surface area contributed by atoms with Crippen LogP contribution in [0, 0.1) is 5.92 Å². The van der Waals surface area contributed by atoms with Gasteiger partial charge in [-0.15, -0.1) is 0 Å². The van der Waals surface area contributed by atoms with Crippen molar-refractivity contribution in [1.82, 2.24) is 18.7 Å². The van der Waals surface area contributed by atoms with Gasteiger partial charge in [-0.2, -0.15) is 0 Å². The molecular weight excluding hydrogens is 332 g/mol. The predicted molar refractivity (Wildman–Crippen MR) is 101 cm³/mol. The Morgan fingerprint density at radius 3 is 2.58 bits per heavy atom. The molecule has 0 unspecified atom stereocenters. The van der Waals surface area contributed by atoms with E-state index < -0.39 is 5.60 Å². The van der Waals surface area contributed by atoms with Crippen molar-refractivity contribution in [3.8, 4) is 0 Å². The van der Waals surface area contributed by atoms with Gasteiger partial charge in [0.15, 0.2) is 11.2 Å². The fraction of sp³-hybridized carbons (Fsp3) is 0.737. The van der Waals surface area contributed by atoms with Gasteiger partial charge < -0.3 is 9.67 Å². The first-order valence-electron chi connectivity index (χ1n) is 9.77. The van der Waals surface area contributed by atoms with Crippen LogP contribution >= 0.6 is 0 Å². The molecule has 0 amide bonds. The third kappa shape index (κ3) is 3.37. The van der Waals surface area contributed by atoms with E-state index in [1.165, 1.54) is 9.13 Å². The van der Waals surface area contributed by atoms with Gasteiger partial charge >= 0.3 is 5.69 Å². The van der Waals surface area contributed by atoms with E-state index in [0.717, 1.165) is 51.5 Å². The average molecular weight is 362 g/mol. The fourth-order valence-corrected chi connectivity index (χ4v) is 3.99. The number of aliphatic hydroxyl groups is 1. The Balaban J connectivity index is 1.93. The van der Waals surface area contributed by atoms with Crippen LogP contribution in [0.4, 0.5) is 0 Å². The minimum absolute atomic E-state index is 0.243. The summed E-state index contributed by atoms with van der Waals surface area (Å²) in [5.41, 5.74) is -0.153. The first-order valence-corrected chi connectivity index (χ1v) is 9.77. The second-order valence-corrected chi connectivity index (χ2v) is 7.74. The van der Waals surface area contributed by atoms with Crippen molar-refractivity contribution in [2.75, 3.05) is 0 Å². The Morgan fingerprint density at radius 1 is 1.27 bits per heavy atom. The first-order chi connectivity index (χ1) is 12.4. The summed E-state index contributed by atoms with van der Waals surface area (Å²) in [4.78, 5) is 30.0. The molecule has 0 aliphatic heterocycles. The second kappa shape index (κ2) is 7.39. The molecule has 1 N–H and O–H groups in total. The van der Waals surface area contributed by atoms with Crippen molar-refractivity contribution in [1.29, 1.82) is 0 Å². The van der Waals surface area contributed by atoms with Gasteiger partial charge in [0, 0.05) is 20.1 Å². The van der Waals surface area contributed by atoms with Crippen LogP contribution in [0.15, 0.2) is 15.9 Å². The van der Waals surface area contributed by atoms with Gasteiger partial charge in [-0.3, -0.25) is 13.9 Å². The molecule has 1 aliphatic rings. The number of hydrogen-bond donors (Lipinski definition) is 1.